The quantitative estimate of drug-likeness (QED) is 0.630. The van der Waals surface area contributed by atoms with Gasteiger partial charge in [-0.1, -0.05) is 0 Å². The summed E-state index contributed by atoms with van der Waals surface area (Å²) in [6.07, 6.45) is 1.40. The van der Waals surface area contributed by atoms with Gasteiger partial charge in [0.15, 0.2) is 24.8 Å². The van der Waals surface area contributed by atoms with Crippen LogP contribution in [0.3, 0.4) is 0 Å². The molecule has 0 saturated heterocycles. The highest BCUT2D eigenvalue weighted by molar-refractivity contribution is 6.02. The van der Waals surface area contributed by atoms with Gasteiger partial charge in [0.2, 0.25) is 0 Å². The van der Waals surface area contributed by atoms with Gasteiger partial charge in [-0.25, -0.2) is 4.79 Å². The standard InChI is InChI=1S/C17H14N2O6/c1-9(20)11-5-13(18-6-11)17(23)25-7-14(21)10-2-3-15-12(4-10)19-16(22)8-24-15/h2-6,18H,7-8H2,1H3,(H,19,22). The first-order valence-corrected chi connectivity index (χ1v) is 7.40. The third-order valence-corrected chi connectivity index (χ3v) is 3.58. The molecule has 0 bridgehead atoms. The second kappa shape index (κ2) is 6.60. The lowest BCUT2D eigenvalue weighted by Gasteiger charge is -2.18. The van der Waals surface area contributed by atoms with Crippen molar-refractivity contribution in [3.05, 3.63) is 47.3 Å². The molecule has 1 aromatic heterocycles. The number of hydrogen-bond donors (Lipinski definition) is 2. The molecule has 0 fully saturated rings. The van der Waals surface area contributed by atoms with Gasteiger partial charge in [-0.2, -0.15) is 0 Å². The number of benzene rings is 1. The summed E-state index contributed by atoms with van der Waals surface area (Å²) >= 11 is 0. The molecule has 25 heavy (non-hydrogen) atoms. The van der Waals surface area contributed by atoms with Crippen LogP contribution in [0, 0.1) is 0 Å². The molecule has 2 N–H and O–H groups in total. The molecule has 1 aromatic carbocycles. The van der Waals surface area contributed by atoms with E-state index in [1.807, 2.05) is 0 Å². The number of carbonyl (C=O) groups is 4. The second-order valence-corrected chi connectivity index (χ2v) is 5.41. The van der Waals surface area contributed by atoms with Gasteiger partial charge in [0.05, 0.1) is 5.69 Å². The summed E-state index contributed by atoms with van der Waals surface area (Å²) in [5.41, 5.74) is 1.10. The Morgan fingerprint density at radius 1 is 1.20 bits per heavy atom. The lowest BCUT2D eigenvalue weighted by atomic mass is 10.1. The highest BCUT2D eigenvalue weighted by Crippen LogP contribution is 2.28. The predicted molar refractivity (Wildman–Crippen MR) is 86.0 cm³/mol. The maximum Gasteiger partial charge on any atom is 0.355 e. The zero-order chi connectivity index (χ0) is 18.0. The summed E-state index contributed by atoms with van der Waals surface area (Å²) in [6, 6.07) is 5.91. The van der Waals surface area contributed by atoms with E-state index >= 15 is 0 Å². The molecule has 8 nitrogen and oxygen atoms in total. The monoisotopic (exact) mass is 342 g/mol. The van der Waals surface area contributed by atoms with Crippen molar-refractivity contribution in [2.75, 3.05) is 18.5 Å². The van der Waals surface area contributed by atoms with Crippen LogP contribution in [0.4, 0.5) is 5.69 Å². The van der Waals surface area contributed by atoms with Gasteiger partial charge >= 0.3 is 5.97 Å². The van der Waals surface area contributed by atoms with E-state index in [9.17, 15) is 19.2 Å². The maximum atomic E-state index is 12.2. The topological polar surface area (TPSA) is 115 Å². The van der Waals surface area contributed by atoms with E-state index in [-0.39, 0.29) is 29.6 Å². The van der Waals surface area contributed by atoms with Crippen molar-refractivity contribution in [1.82, 2.24) is 4.98 Å². The first-order valence-electron chi connectivity index (χ1n) is 7.40. The van der Waals surface area contributed by atoms with Gasteiger partial charge in [0.1, 0.15) is 11.4 Å². The van der Waals surface area contributed by atoms with E-state index in [0.29, 0.717) is 17.0 Å². The molecule has 2 aromatic rings. The zero-order valence-electron chi connectivity index (χ0n) is 13.3. The maximum absolute atomic E-state index is 12.2. The Morgan fingerprint density at radius 2 is 2.00 bits per heavy atom. The van der Waals surface area contributed by atoms with Crippen LogP contribution in [-0.4, -0.2) is 41.6 Å². The number of Topliss-reactive ketones (excluding diaryl/α,β-unsaturated/α-hetero) is 2. The molecular weight excluding hydrogens is 328 g/mol. The van der Waals surface area contributed by atoms with Crippen LogP contribution in [0.15, 0.2) is 30.5 Å². The summed E-state index contributed by atoms with van der Waals surface area (Å²) < 4.78 is 10.2. The number of nitrogens with one attached hydrogen (secondary N) is 2. The van der Waals surface area contributed by atoms with Crippen molar-refractivity contribution in [3.63, 3.8) is 0 Å². The second-order valence-electron chi connectivity index (χ2n) is 5.41. The molecule has 0 radical (unpaired) electrons. The number of hydrogen-bond acceptors (Lipinski definition) is 6. The van der Waals surface area contributed by atoms with Crippen LogP contribution >= 0.6 is 0 Å². The van der Waals surface area contributed by atoms with Crippen LogP contribution in [0.2, 0.25) is 0 Å². The molecule has 1 aliphatic rings. The SMILES string of the molecule is CC(=O)c1c[nH]c(C(=O)OCC(=O)c2ccc3c(c2)NC(=O)CO3)c1. The number of anilines is 1. The van der Waals surface area contributed by atoms with Crippen molar-refractivity contribution in [1.29, 1.82) is 0 Å². The summed E-state index contributed by atoms with van der Waals surface area (Å²) in [5, 5.41) is 2.60. The van der Waals surface area contributed by atoms with Crippen molar-refractivity contribution in [2.45, 2.75) is 6.92 Å². The van der Waals surface area contributed by atoms with Gasteiger partial charge in [0, 0.05) is 17.3 Å². The molecular formula is C17H14N2O6. The van der Waals surface area contributed by atoms with Crippen molar-refractivity contribution >= 4 is 29.1 Å². The van der Waals surface area contributed by atoms with Crippen LogP contribution in [0.5, 0.6) is 5.75 Å². The number of ketones is 2. The van der Waals surface area contributed by atoms with E-state index in [2.05, 4.69) is 10.3 Å². The van der Waals surface area contributed by atoms with Gasteiger partial charge in [-0.15, -0.1) is 0 Å². The number of aromatic nitrogens is 1. The molecule has 0 saturated carbocycles. The third kappa shape index (κ3) is 3.57. The third-order valence-electron chi connectivity index (χ3n) is 3.58. The minimum Gasteiger partial charge on any atom is -0.482 e. The minimum absolute atomic E-state index is 0.0731. The molecule has 2 heterocycles. The average molecular weight is 342 g/mol. The number of H-pyrrole nitrogens is 1. The fourth-order valence-corrected chi connectivity index (χ4v) is 2.26. The Morgan fingerprint density at radius 3 is 2.72 bits per heavy atom. The smallest absolute Gasteiger partial charge is 0.355 e. The highest BCUT2D eigenvalue weighted by Gasteiger charge is 2.19. The molecule has 1 amide bonds. The largest absolute Gasteiger partial charge is 0.482 e. The van der Waals surface area contributed by atoms with Crippen molar-refractivity contribution < 1.29 is 28.7 Å². The van der Waals surface area contributed by atoms with Crippen LogP contribution < -0.4 is 10.1 Å². The fourth-order valence-electron chi connectivity index (χ4n) is 2.26. The molecule has 0 aliphatic carbocycles. The molecule has 128 valence electrons. The molecule has 0 unspecified atom stereocenters. The number of rotatable bonds is 5. The van der Waals surface area contributed by atoms with E-state index in [1.165, 1.54) is 31.3 Å². The van der Waals surface area contributed by atoms with Gasteiger partial charge in [0.25, 0.3) is 5.91 Å². The van der Waals surface area contributed by atoms with Gasteiger partial charge in [-0.3, -0.25) is 14.4 Å². The number of esters is 1. The Labute approximate surface area is 142 Å². The lowest BCUT2D eigenvalue weighted by Crippen LogP contribution is -2.25. The summed E-state index contributed by atoms with van der Waals surface area (Å²) in [5.74, 6) is -1.21. The van der Waals surface area contributed by atoms with Crippen molar-refractivity contribution in [2.24, 2.45) is 0 Å². The molecule has 1 aliphatic heterocycles. The molecule has 0 spiro atoms. The predicted octanol–water partition coefficient (Wildman–Crippen LogP) is 1.59. The Kier molecular flexibility index (Phi) is 4.34. The number of carbonyl (C=O) groups excluding carboxylic acids is 4. The van der Waals surface area contributed by atoms with E-state index in [1.54, 1.807) is 6.07 Å². The van der Waals surface area contributed by atoms with Gasteiger partial charge in [-0.05, 0) is 31.2 Å². The van der Waals surface area contributed by atoms with Crippen LogP contribution in [0.25, 0.3) is 0 Å². The number of amides is 1. The molecule has 3 rings (SSSR count). The average Bonchev–Trinajstić information content (AvgIpc) is 3.09. The number of ether oxygens (including phenoxy) is 2. The normalized spacial score (nSPS) is 12.6. The summed E-state index contributed by atoms with van der Waals surface area (Å²) in [6.45, 7) is 0.831. The Balaban J connectivity index is 1.64. The van der Waals surface area contributed by atoms with E-state index in [4.69, 9.17) is 9.47 Å². The van der Waals surface area contributed by atoms with E-state index < -0.39 is 18.4 Å². The number of fused-ring (bicyclic) bond motifs is 1. The van der Waals surface area contributed by atoms with Crippen LogP contribution in [-0.2, 0) is 9.53 Å². The number of aromatic amines is 1. The van der Waals surface area contributed by atoms with E-state index in [0.717, 1.165) is 0 Å². The fraction of sp³-hybridized carbons (Fsp3) is 0.176. The summed E-state index contributed by atoms with van der Waals surface area (Å²) in [4.78, 5) is 49.2. The molecule has 0 atom stereocenters. The zero-order valence-corrected chi connectivity index (χ0v) is 13.3. The van der Waals surface area contributed by atoms with Crippen LogP contribution in [0.1, 0.15) is 38.1 Å². The first-order chi connectivity index (χ1) is 11.9. The summed E-state index contributed by atoms with van der Waals surface area (Å²) in [7, 11) is 0. The molecule has 8 heteroatoms. The first kappa shape index (κ1) is 16.4. The minimum atomic E-state index is -0.740. The highest BCUT2D eigenvalue weighted by atomic mass is 16.5. The van der Waals surface area contributed by atoms with Gasteiger partial charge < -0.3 is 19.8 Å². The van der Waals surface area contributed by atoms with Crippen molar-refractivity contribution in [3.8, 4) is 5.75 Å². The lowest BCUT2D eigenvalue weighted by molar-refractivity contribution is -0.118. The Hall–Kier alpha value is -3.42. The Bertz CT molecular complexity index is 883.